The number of nitrogens with zero attached hydrogens (tertiary/aromatic N) is 2. The molecule has 13 heavy (non-hydrogen) atoms. The summed E-state index contributed by atoms with van der Waals surface area (Å²) in [6.45, 7) is 6.15. The molecular formula is C8H12N2S3. The molecule has 0 atom stereocenters. The first-order valence-corrected chi connectivity index (χ1v) is 6.24. The number of thiazole rings is 1. The zero-order valence-electron chi connectivity index (χ0n) is 7.69. The second kappa shape index (κ2) is 5.57. The Morgan fingerprint density at radius 2 is 2.31 bits per heavy atom. The lowest BCUT2D eigenvalue weighted by atomic mass is 10.6. The topological polar surface area (TPSA) is 16.1 Å². The van der Waals surface area contributed by atoms with E-state index in [9.17, 15) is 0 Å². The van der Waals surface area contributed by atoms with Crippen LogP contribution >= 0.6 is 35.3 Å². The molecule has 0 saturated heterocycles. The van der Waals surface area contributed by atoms with Crippen molar-refractivity contribution in [3.05, 3.63) is 11.6 Å². The predicted octanol–water partition coefficient (Wildman–Crippen LogP) is 2.86. The van der Waals surface area contributed by atoms with Gasteiger partial charge >= 0.3 is 0 Å². The van der Waals surface area contributed by atoms with Gasteiger partial charge in [0.05, 0.1) is 0 Å². The summed E-state index contributed by atoms with van der Waals surface area (Å²) in [5, 5.41) is 1.97. The molecule has 0 aliphatic heterocycles. The number of rotatable bonds is 3. The minimum atomic E-state index is 0.917. The maximum absolute atomic E-state index is 5.28. The van der Waals surface area contributed by atoms with Crippen LogP contribution in [0.1, 0.15) is 13.8 Å². The Labute approximate surface area is 92.4 Å². The van der Waals surface area contributed by atoms with Crippen molar-refractivity contribution < 1.29 is 0 Å². The van der Waals surface area contributed by atoms with Crippen LogP contribution in [0.2, 0.25) is 0 Å². The van der Waals surface area contributed by atoms with Crippen molar-refractivity contribution in [2.75, 3.05) is 13.1 Å². The van der Waals surface area contributed by atoms with Crippen LogP contribution in [0, 0.1) is 0 Å². The summed E-state index contributed by atoms with van der Waals surface area (Å²) in [6.07, 6.45) is 1.80. The molecule has 0 amide bonds. The van der Waals surface area contributed by atoms with Crippen LogP contribution < -0.4 is 0 Å². The summed E-state index contributed by atoms with van der Waals surface area (Å²) in [7, 11) is 0. The quantitative estimate of drug-likeness (QED) is 0.588. The van der Waals surface area contributed by atoms with E-state index < -0.39 is 0 Å². The molecule has 2 nitrogen and oxygen atoms in total. The third kappa shape index (κ3) is 3.25. The summed E-state index contributed by atoms with van der Waals surface area (Å²) >= 11 is 8.48. The van der Waals surface area contributed by atoms with Gasteiger partial charge in [-0.25, -0.2) is 4.98 Å². The summed E-state index contributed by atoms with van der Waals surface area (Å²) in [6, 6.07) is 0. The van der Waals surface area contributed by atoms with Gasteiger partial charge in [-0.2, -0.15) is 0 Å². The van der Waals surface area contributed by atoms with E-state index in [4.69, 9.17) is 12.2 Å². The molecule has 0 aliphatic carbocycles. The van der Waals surface area contributed by atoms with E-state index in [2.05, 4.69) is 23.7 Å². The van der Waals surface area contributed by atoms with E-state index in [1.807, 2.05) is 5.38 Å². The van der Waals surface area contributed by atoms with Crippen molar-refractivity contribution in [2.24, 2.45) is 0 Å². The summed E-state index contributed by atoms with van der Waals surface area (Å²) in [4.78, 5) is 6.33. The molecule has 1 rings (SSSR count). The Hall–Kier alpha value is -0.130. The van der Waals surface area contributed by atoms with Crippen molar-refractivity contribution in [1.29, 1.82) is 0 Å². The fraction of sp³-hybridized carbons (Fsp3) is 0.500. The Morgan fingerprint density at radius 3 is 2.77 bits per heavy atom. The van der Waals surface area contributed by atoms with Crippen LogP contribution in [0.25, 0.3) is 0 Å². The third-order valence-electron chi connectivity index (χ3n) is 1.61. The van der Waals surface area contributed by atoms with Crippen molar-refractivity contribution in [2.45, 2.75) is 18.2 Å². The zero-order valence-corrected chi connectivity index (χ0v) is 10.1. The standard InChI is InChI=1S/C8H12N2S3/c1-3-10(4-2)8(11)13-7-9-5-6-12-7/h5-6H,3-4H2,1-2H3. The van der Waals surface area contributed by atoms with E-state index in [1.165, 1.54) is 0 Å². The molecule has 0 unspecified atom stereocenters. The third-order valence-corrected chi connectivity index (χ3v) is 3.93. The molecule has 0 aliphatic rings. The van der Waals surface area contributed by atoms with Crippen molar-refractivity contribution in [1.82, 2.24) is 9.88 Å². The van der Waals surface area contributed by atoms with E-state index >= 15 is 0 Å². The summed E-state index contributed by atoms with van der Waals surface area (Å²) in [5.41, 5.74) is 0. The lowest BCUT2D eigenvalue weighted by Crippen LogP contribution is -2.26. The molecule has 0 spiro atoms. The molecule has 5 heteroatoms. The number of thiocarbonyl (C=S) groups is 1. The van der Waals surface area contributed by atoms with Crippen LogP contribution in [0.5, 0.6) is 0 Å². The molecule has 0 saturated carbocycles. The largest absolute Gasteiger partial charge is 0.358 e. The normalized spacial score (nSPS) is 10.0. The SMILES string of the molecule is CCN(CC)C(=S)Sc1nccs1. The molecule has 72 valence electrons. The minimum Gasteiger partial charge on any atom is -0.358 e. The smallest absolute Gasteiger partial charge is 0.156 e. The number of thioether (sulfide) groups is 1. The Bertz CT molecular complexity index is 254. The van der Waals surface area contributed by atoms with E-state index in [-0.39, 0.29) is 0 Å². The van der Waals surface area contributed by atoms with Crippen LogP contribution in [0.4, 0.5) is 0 Å². The average Bonchev–Trinajstić information content (AvgIpc) is 2.59. The van der Waals surface area contributed by atoms with Gasteiger partial charge in [-0.15, -0.1) is 11.3 Å². The molecule has 0 N–H and O–H groups in total. The molecule has 1 heterocycles. The Morgan fingerprint density at radius 1 is 1.62 bits per heavy atom. The molecule has 1 aromatic heterocycles. The predicted molar refractivity (Wildman–Crippen MR) is 63.5 cm³/mol. The summed E-state index contributed by atoms with van der Waals surface area (Å²) < 4.78 is 1.94. The van der Waals surface area contributed by atoms with Gasteiger partial charge in [0.25, 0.3) is 0 Å². The van der Waals surface area contributed by atoms with Gasteiger partial charge in [-0.3, -0.25) is 0 Å². The van der Waals surface area contributed by atoms with Crippen LogP contribution in [0.15, 0.2) is 15.9 Å². The number of hydrogen-bond donors (Lipinski definition) is 0. The molecule has 1 aromatic rings. The van der Waals surface area contributed by atoms with Gasteiger partial charge in [0, 0.05) is 24.7 Å². The van der Waals surface area contributed by atoms with Gasteiger partial charge in [0.2, 0.25) is 0 Å². The maximum atomic E-state index is 5.28. The van der Waals surface area contributed by atoms with Gasteiger partial charge in [-0.05, 0) is 25.6 Å². The molecule has 0 bridgehead atoms. The highest BCUT2D eigenvalue weighted by molar-refractivity contribution is 8.23. The first-order valence-electron chi connectivity index (χ1n) is 4.14. The second-order valence-electron chi connectivity index (χ2n) is 2.34. The molecular weight excluding hydrogens is 220 g/mol. The van der Waals surface area contributed by atoms with Gasteiger partial charge in [0.15, 0.2) is 4.34 Å². The number of aromatic nitrogens is 1. The first kappa shape index (κ1) is 10.9. The fourth-order valence-corrected chi connectivity index (χ4v) is 3.14. The first-order chi connectivity index (χ1) is 6.27. The Balaban J connectivity index is 2.49. The van der Waals surface area contributed by atoms with E-state index in [0.29, 0.717) is 0 Å². The minimum absolute atomic E-state index is 0.917. The summed E-state index contributed by atoms with van der Waals surface area (Å²) in [5.74, 6) is 0. The molecule has 0 fully saturated rings. The fourth-order valence-electron chi connectivity index (χ4n) is 0.882. The number of hydrogen-bond acceptors (Lipinski definition) is 4. The lowest BCUT2D eigenvalue weighted by molar-refractivity contribution is 0.482. The van der Waals surface area contributed by atoms with Crippen molar-refractivity contribution >= 4 is 39.6 Å². The highest BCUT2D eigenvalue weighted by Crippen LogP contribution is 2.23. The molecule has 0 radical (unpaired) electrons. The van der Waals surface area contributed by atoms with Gasteiger partial charge in [0.1, 0.15) is 4.32 Å². The second-order valence-corrected chi connectivity index (χ2v) is 5.11. The van der Waals surface area contributed by atoms with E-state index in [0.717, 1.165) is 21.7 Å². The van der Waals surface area contributed by atoms with Crippen molar-refractivity contribution in [3.8, 4) is 0 Å². The van der Waals surface area contributed by atoms with Crippen LogP contribution in [-0.2, 0) is 0 Å². The van der Waals surface area contributed by atoms with Crippen LogP contribution in [0.3, 0.4) is 0 Å². The molecule has 0 aromatic carbocycles. The van der Waals surface area contributed by atoms with E-state index in [1.54, 1.807) is 29.3 Å². The lowest BCUT2D eigenvalue weighted by Gasteiger charge is -2.19. The average molecular weight is 232 g/mol. The van der Waals surface area contributed by atoms with Crippen molar-refractivity contribution in [3.63, 3.8) is 0 Å². The maximum Gasteiger partial charge on any atom is 0.156 e. The van der Waals surface area contributed by atoms with Gasteiger partial charge < -0.3 is 4.90 Å². The highest BCUT2D eigenvalue weighted by Gasteiger charge is 2.07. The zero-order chi connectivity index (χ0) is 9.68. The highest BCUT2D eigenvalue weighted by atomic mass is 32.2. The van der Waals surface area contributed by atoms with Crippen LogP contribution in [-0.4, -0.2) is 27.3 Å². The monoisotopic (exact) mass is 232 g/mol. The Kier molecular flexibility index (Phi) is 4.69. The van der Waals surface area contributed by atoms with Gasteiger partial charge in [-0.1, -0.05) is 12.2 Å².